The van der Waals surface area contributed by atoms with Crippen LogP contribution in [0.3, 0.4) is 0 Å². The predicted molar refractivity (Wildman–Crippen MR) is 113 cm³/mol. The summed E-state index contributed by atoms with van der Waals surface area (Å²) in [6.07, 6.45) is 1.21. The number of piperidine rings is 1. The number of anilines is 3. The molecule has 3 aliphatic rings. The van der Waals surface area contributed by atoms with Crippen LogP contribution in [0.1, 0.15) is 34.6 Å². The van der Waals surface area contributed by atoms with Crippen LogP contribution in [0, 0.1) is 13.8 Å². The highest BCUT2D eigenvalue weighted by atomic mass is 16.5. The summed E-state index contributed by atoms with van der Waals surface area (Å²) >= 11 is 0. The smallest absolute Gasteiger partial charge is 0.124 e. The largest absolute Gasteiger partial charge is 0.496 e. The Hall–Kier alpha value is -2.24. The lowest BCUT2D eigenvalue weighted by molar-refractivity contribution is 0.130. The van der Waals surface area contributed by atoms with E-state index >= 15 is 0 Å². The Balaban J connectivity index is 1.54. The van der Waals surface area contributed by atoms with E-state index in [4.69, 9.17) is 9.47 Å². The van der Waals surface area contributed by atoms with Gasteiger partial charge in [0.1, 0.15) is 5.75 Å². The van der Waals surface area contributed by atoms with Crippen molar-refractivity contribution in [2.75, 3.05) is 43.6 Å². The molecule has 0 saturated carbocycles. The summed E-state index contributed by atoms with van der Waals surface area (Å²) in [6.45, 7) is 8.88. The SMILES string of the molecule is COc1c(C)cc(Nc2cc3c4c(c2)[C@@H]2CNCC[C@@H]2N4CCOC3)cc1C. The molecule has 28 heavy (non-hydrogen) atoms. The molecule has 3 aliphatic heterocycles. The van der Waals surface area contributed by atoms with Crippen LogP contribution in [-0.2, 0) is 11.3 Å². The predicted octanol–water partition coefficient (Wildman–Crippen LogP) is 3.85. The quantitative estimate of drug-likeness (QED) is 0.848. The van der Waals surface area contributed by atoms with Gasteiger partial charge in [-0.3, -0.25) is 0 Å². The van der Waals surface area contributed by atoms with E-state index in [1.807, 2.05) is 0 Å². The van der Waals surface area contributed by atoms with Gasteiger partial charge in [0.25, 0.3) is 0 Å². The summed E-state index contributed by atoms with van der Waals surface area (Å²) in [5.41, 5.74) is 8.77. The van der Waals surface area contributed by atoms with Crippen LogP contribution in [0.5, 0.6) is 5.75 Å². The van der Waals surface area contributed by atoms with Gasteiger partial charge in [-0.05, 0) is 67.8 Å². The van der Waals surface area contributed by atoms with Crippen molar-refractivity contribution in [1.29, 1.82) is 0 Å². The number of hydrogen-bond donors (Lipinski definition) is 2. The van der Waals surface area contributed by atoms with E-state index in [1.165, 1.54) is 23.2 Å². The second-order valence-corrected chi connectivity index (χ2v) is 8.25. The first-order valence-corrected chi connectivity index (χ1v) is 10.3. The van der Waals surface area contributed by atoms with Crippen LogP contribution in [0.4, 0.5) is 17.1 Å². The number of fused-ring (bicyclic) bond motifs is 3. The van der Waals surface area contributed by atoms with E-state index in [1.54, 1.807) is 7.11 Å². The Bertz CT molecular complexity index is 888. The highest BCUT2D eigenvalue weighted by molar-refractivity contribution is 5.75. The zero-order valence-electron chi connectivity index (χ0n) is 17.0. The highest BCUT2D eigenvalue weighted by Gasteiger charge is 2.41. The Kier molecular flexibility index (Phi) is 4.44. The third-order valence-electron chi connectivity index (χ3n) is 6.44. The standard InChI is InChI=1S/C23H29N3O2/c1-14-8-17(9-15(2)23(14)27-3)25-18-10-16-13-28-7-6-26-21-4-5-24-12-20(21)19(11-18)22(16)26/h8-11,20-21,24-25H,4-7,12-13H2,1-3H3/t20-,21-/m0/s1. The molecule has 0 bridgehead atoms. The third-order valence-corrected chi connectivity index (χ3v) is 6.44. The number of aryl methyl sites for hydroxylation is 2. The molecule has 0 unspecified atom stereocenters. The van der Waals surface area contributed by atoms with E-state index in [0.717, 1.165) is 54.5 Å². The molecular formula is C23H29N3O2. The first-order chi connectivity index (χ1) is 13.7. The molecular weight excluding hydrogens is 350 g/mol. The van der Waals surface area contributed by atoms with Crippen LogP contribution in [0.2, 0.25) is 0 Å². The summed E-state index contributed by atoms with van der Waals surface area (Å²) < 4.78 is 11.4. The molecule has 0 amide bonds. The second kappa shape index (κ2) is 6.98. The maximum atomic E-state index is 5.93. The number of nitrogens with one attached hydrogen (secondary N) is 2. The van der Waals surface area contributed by atoms with Crippen LogP contribution in [0.25, 0.3) is 0 Å². The Labute approximate surface area is 167 Å². The van der Waals surface area contributed by atoms with Crippen molar-refractivity contribution in [2.24, 2.45) is 0 Å². The number of rotatable bonds is 3. The Morgan fingerprint density at radius 1 is 1.14 bits per heavy atom. The van der Waals surface area contributed by atoms with Gasteiger partial charge < -0.3 is 25.0 Å². The van der Waals surface area contributed by atoms with Crippen molar-refractivity contribution in [2.45, 2.75) is 38.8 Å². The fourth-order valence-corrected chi connectivity index (χ4v) is 5.37. The maximum absolute atomic E-state index is 5.93. The summed E-state index contributed by atoms with van der Waals surface area (Å²) in [6, 6.07) is 9.56. The van der Waals surface area contributed by atoms with Gasteiger partial charge in [0, 0.05) is 47.7 Å². The summed E-state index contributed by atoms with van der Waals surface area (Å²) in [5, 5.41) is 7.25. The fourth-order valence-electron chi connectivity index (χ4n) is 5.37. The molecule has 5 nitrogen and oxygen atoms in total. The van der Waals surface area contributed by atoms with Crippen molar-refractivity contribution < 1.29 is 9.47 Å². The minimum atomic E-state index is 0.571. The number of methoxy groups -OCH3 is 1. The Morgan fingerprint density at radius 2 is 1.93 bits per heavy atom. The first kappa shape index (κ1) is 17.8. The number of hydrogen-bond acceptors (Lipinski definition) is 5. The van der Waals surface area contributed by atoms with E-state index in [9.17, 15) is 0 Å². The van der Waals surface area contributed by atoms with Crippen molar-refractivity contribution in [1.82, 2.24) is 5.32 Å². The van der Waals surface area contributed by atoms with Gasteiger partial charge >= 0.3 is 0 Å². The van der Waals surface area contributed by atoms with Gasteiger partial charge in [0.15, 0.2) is 0 Å². The van der Waals surface area contributed by atoms with Crippen LogP contribution in [0.15, 0.2) is 24.3 Å². The van der Waals surface area contributed by atoms with Crippen LogP contribution in [-0.4, -0.2) is 39.4 Å². The van der Waals surface area contributed by atoms with E-state index in [2.05, 4.69) is 53.6 Å². The van der Waals surface area contributed by atoms with Gasteiger partial charge in [-0.1, -0.05) is 0 Å². The van der Waals surface area contributed by atoms with Crippen LogP contribution < -0.4 is 20.3 Å². The number of ether oxygens (including phenoxy) is 2. The van der Waals surface area contributed by atoms with Gasteiger partial charge in [-0.2, -0.15) is 0 Å². The second-order valence-electron chi connectivity index (χ2n) is 8.25. The van der Waals surface area contributed by atoms with E-state index in [0.29, 0.717) is 18.6 Å². The summed E-state index contributed by atoms with van der Waals surface area (Å²) in [7, 11) is 1.73. The molecule has 2 aromatic rings. The lowest BCUT2D eigenvalue weighted by Gasteiger charge is -2.33. The minimum Gasteiger partial charge on any atom is -0.496 e. The highest BCUT2D eigenvalue weighted by Crippen LogP contribution is 2.47. The van der Waals surface area contributed by atoms with Crippen molar-refractivity contribution >= 4 is 17.1 Å². The zero-order valence-corrected chi connectivity index (χ0v) is 17.0. The lowest BCUT2D eigenvalue weighted by atomic mass is 9.89. The van der Waals surface area contributed by atoms with Gasteiger partial charge in [-0.15, -0.1) is 0 Å². The monoisotopic (exact) mass is 379 g/mol. The van der Waals surface area contributed by atoms with Crippen LogP contribution >= 0.6 is 0 Å². The molecule has 1 saturated heterocycles. The fraction of sp³-hybridized carbons (Fsp3) is 0.478. The molecule has 0 radical (unpaired) electrons. The molecule has 1 fully saturated rings. The molecule has 5 rings (SSSR count). The normalized spacial score (nSPS) is 23.0. The van der Waals surface area contributed by atoms with Gasteiger partial charge in [-0.25, -0.2) is 0 Å². The number of nitrogens with zero attached hydrogens (tertiary/aromatic N) is 1. The summed E-state index contributed by atoms with van der Waals surface area (Å²) in [5.74, 6) is 1.54. The first-order valence-electron chi connectivity index (χ1n) is 10.3. The summed E-state index contributed by atoms with van der Waals surface area (Å²) in [4.78, 5) is 2.62. The van der Waals surface area contributed by atoms with E-state index < -0.39 is 0 Å². The molecule has 148 valence electrons. The molecule has 2 atom stereocenters. The maximum Gasteiger partial charge on any atom is 0.124 e. The minimum absolute atomic E-state index is 0.571. The van der Waals surface area contributed by atoms with Crippen molar-refractivity contribution in [3.63, 3.8) is 0 Å². The average molecular weight is 380 g/mol. The topological polar surface area (TPSA) is 45.8 Å². The molecule has 3 heterocycles. The molecule has 2 N–H and O–H groups in total. The zero-order chi connectivity index (χ0) is 19.3. The van der Waals surface area contributed by atoms with Gasteiger partial charge in [0.2, 0.25) is 0 Å². The number of benzene rings is 2. The molecule has 0 aliphatic carbocycles. The molecule has 5 heteroatoms. The average Bonchev–Trinajstić information content (AvgIpc) is 2.83. The van der Waals surface area contributed by atoms with Crippen molar-refractivity contribution in [3.05, 3.63) is 46.5 Å². The Morgan fingerprint density at radius 3 is 2.71 bits per heavy atom. The van der Waals surface area contributed by atoms with Gasteiger partial charge in [0.05, 0.1) is 20.3 Å². The molecule has 0 spiro atoms. The molecule has 2 aromatic carbocycles. The lowest BCUT2D eigenvalue weighted by Crippen LogP contribution is -2.44. The molecule has 0 aromatic heterocycles. The van der Waals surface area contributed by atoms with Crippen molar-refractivity contribution in [3.8, 4) is 5.75 Å². The van der Waals surface area contributed by atoms with E-state index in [-0.39, 0.29) is 0 Å². The third kappa shape index (κ3) is 2.85.